The fourth-order valence-corrected chi connectivity index (χ4v) is 2.15. The van der Waals surface area contributed by atoms with E-state index in [0.717, 1.165) is 18.0 Å². The van der Waals surface area contributed by atoms with E-state index in [1.165, 1.54) is 16.7 Å². The van der Waals surface area contributed by atoms with Crippen LogP contribution >= 0.6 is 11.6 Å². The highest BCUT2D eigenvalue weighted by Crippen LogP contribution is 2.27. The predicted octanol–water partition coefficient (Wildman–Crippen LogP) is 4.58. The van der Waals surface area contributed by atoms with Gasteiger partial charge >= 0.3 is 0 Å². The fraction of sp³-hybridized carbons (Fsp3) is 0.250. The third kappa shape index (κ3) is 3.21. The summed E-state index contributed by atoms with van der Waals surface area (Å²) in [4.78, 5) is 0. The fourth-order valence-electron chi connectivity index (χ4n) is 1.96. The Morgan fingerprint density at radius 1 is 1.16 bits per heavy atom. The molecule has 0 saturated heterocycles. The standard InChI is InChI=1S/C16H18ClNO/c1-11-5-4-6-13(12(11)2)10-18-16-9-14(19-3)7-8-15(16)17/h4-9,18H,10H2,1-3H3. The highest BCUT2D eigenvalue weighted by atomic mass is 35.5. The zero-order valence-electron chi connectivity index (χ0n) is 11.5. The lowest BCUT2D eigenvalue weighted by molar-refractivity contribution is 0.415. The molecule has 2 rings (SSSR count). The van der Waals surface area contributed by atoms with Gasteiger partial charge in [-0.05, 0) is 42.7 Å². The predicted molar refractivity (Wildman–Crippen MR) is 81.2 cm³/mol. The van der Waals surface area contributed by atoms with Crippen molar-refractivity contribution >= 4 is 17.3 Å². The molecule has 19 heavy (non-hydrogen) atoms. The summed E-state index contributed by atoms with van der Waals surface area (Å²) in [5.74, 6) is 0.799. The van der Waals surface area contributed by atoms with Crippen LogP contribution < -0.4 is 10.1 Å². The molecule has 1 N–H and O–H groups in total. The molecule has 0 atom stereocenters. The van der Waals surface area contributed by atoms with E-state index >= 15 is 0 Å². The van der Waals surface area contributed by atoms with E-state index in [-0.39, 0.29) is 0 Å². The van der Waals surface area contributed by atoms with Gasteiger partial charge in [0.25, 0.3) is 0 Å². The maximum atomic E-state index is 6.17. The van der Waals surface area contributed by atoms with Crippen LogP contribution in [0.5, 0.6) is 5.75 Å². The molecule has 0 heterocycles. The molecule has 0 bridgehead atoms. The summed E-state index contributed by atoms with van der Waals surface area (Å²) in [7, 11) is 1.65. The zero-order valence-corrected chi connectivity index (χ0v) is 12.2. The van der Waals surface area contributed by atoms with Gasteiger partial charge in [0.05, 0.1) is 17.8 Å². The number of aryl methyl sites for hydroxylation is 1. The maximum Gasteiger partial charge on any atom is 0.121 e. The topological polar surface area (TPSA) is 21.3 Å². The Kier molecular flexibility index (Phi) is 4.33. The minimum atomic E-state index is 0.700. The van der Waals surface area contributed by atoms with Crippen molar-refractivity contribution in [2.24, 2.45) is 0 Å². The normalized spacial score (nSPS) is 10.3. The van der Waals surface area contributed by atoms with Crippen LogP contribution in [0.2, 0.25) is 5.02 Å². The highest BCUT2D eigenvalue weighted by molar-refractivity contribution is 6.33. The van der Waals surface area contributed by atoms with Crippen LogP contribution in [0.15, 0.2) is 36.4 Å². The Balaban J connectivity index is 2.16. The van der Waals surface area contributed by atoms with E-state index in [4.69, 9.17) is 16.3 Å². The number of halogens is 1. The van der Waals surface area contributed by atoms with Crippen LogP contribution in [0.25, 0.3) is 0 Å². The van der Waals surface area contributed by atoms with Crippen LogP contribution in [0, 0.1) is 13.8 Å². The molecule has 0 aliphatic carbocycles. The van der Waals surface area contributed by atoms with Crippen molar-refractivity contribution in [3.8, 4) is 5.75 Å². The lowest BCUT2D eigenvalue weighted by Crippen LogP contribution is -2.03. The largest absolute Gasteiger partial charge is 0.497 e. The van der Waals surface area contributed by atoms with Gasteiger partial charge in [-0.1, -0.05) is 29.8 Å². The maximum absolute atomic E-state index is 6.17. The Morgan fingerprint density at radius 3 is 2.68 bits per heavy atom. The Morgan fingerprint density at radius 2 is 1.95 bits per heavy atom. The van der Waals surface area contributed by atoms with Gasteiger partial charge in [0.15, 0.2) is 0 Å². The van der Waals surface area contributed by atoms with E-state index in [1.807, 2.05) is 18.2 Å². The number of hydrogen-bond donors (Lipinski definition) is 1. The van der Waals surface area contributed by atoms with E-state index in [9.17, 15) is 0 Å². The van der Waals surface area contributed by atoms with Crippen LogP contribution in [-0.4, -0.2) is 7.11 Å². The second-order valence-corrected chi connectivity index (χ2v) is 4.97. The van der Waals surface area contributed by atoms with Crippen LogP contribution in [0.1, 0.15) is 16.7 Å². The lowest BCUT2D eigenvalue weighted by Gasteiger charge is -2.13. The van der Waals surface area contributed by atoms with Gasteiger partial charge in [-0.25, -0.2) is 0 Å². The van der Waals surface area contributed by atoms with Crippen LogP contribution in [0.4, 0.5) is 5.69 Å². The van der Waals surface area contributed by atoms with E-state index in [0.29, 0.717) is 5.02 Å². The second kappa shape index (κ2) is 5.98. The molecule has 0 fully saturated rings. The first kappa shape index (κ1) is 13.8. The van der Waals surface area contributed by atoms with E-state index < -0.39 is 0 Å². The summed E-state index contributed by atoms with van der Waals surface area (Å²) in [6.07, 6.45) is 0. The molecule has 100 valence electrons. The van der Waals surface area contributed by atoms with Gasteiger partial charge in [-0.2, -0.15) is 0 Å². The summed E-state index contributed by atoms with van der Waals surface area (Å²) in [6, 6.07) is 11.9. The van der Waals surface area contributed by atoms with Crippen LogP contribution in [0.3, 0.4) is 0 Å². The molecule has 0 aliphatic rings. The van der Waals surface area contributed by atoms with Crippen molar-refractivity contribution in [3.63, 3.8) is 0 Å². The van der Waals surface area contributed by atoms with Gasteiger partial charge in [0.2, 0.25) is 0 Å². The number of nitrogens with one attached hydrogen (secondary N) is 1. The van der Waals surface area contributed by atoms with E-state index in [2.05, 4.69) is 37.4 Å². The molecule has 2 nitrogen and oxygen atoms in total. The minimum Gasteiger partial charge on any atom is -0.497 e. The molecule has 0 aromatic heterocycles. The molecule has 0 amide bonds. The number of rotatable bonds is 4. The molecule has 2 aromatic rings. The van der Waals surface area contributed by atoms with Gasteiger partial charge in [-0.15, -0.1) is 0 Å². The quantitative estimate of drug-likeness (QED) is 0.882. The van der Waals surface area contributed by atoms with Crippen molar-refractivity contribution in [2.75, 3.05) is 12.4 Å². The average molecular weight is 276 g/mol. The molecule has 0 spiro atoms. The van der Waals surface area contributed by atoms with Gasteiger partial charge in [0, 0.05) is 12.6 Å². The molecule has 3 heteroatoms. The number of ether oxygens (including phenoxy) is 1. The number of anilines is 1. The Labute approximate surface area is 119 Å². The Bertz CT molecular complexity index is 581. The zero-order chi connectivity index (χ0) is 13.8. The summed E-state index contributed by atoms with van der Waals surface area (Å²) in [5, 5.41) is 4.06. The monoisotopic (exact) mass is 275 g/mol. The van der Waals surface area contributed by atoms with Crippen LogP contribution in [-0.2, 0) is 6.54 Å². The Hall–Kier alpha value is -1.67. The average Bonchev–Trinajstić information content (AvgIpc) is 2.42. The minimum absolute atomic E-state index is 0.700. The van der Waals surface area contributed by atoms with Gasteiger partial charge in [-0.3, -0.25) is 0 Å². The van der Waals surface area contributed by atoms with Crippen molar-refractivity contribution in [3.05, 3.63) is 58.1 Å². The molecule has 0 radical (unpaired) electrons. The van der Waals surface area contributed by atoms with Gasteiger partial charge < -0.3 is 10.1 Å². The third-order valence-corrected chi connectivity index (χ3v) is 3.69. The summed E-state index contributed by atoms with van der Waals surface area (Å²) in [6.45, 7) is 5.01. The summed E-state index contributed by atoms with van der Waals surface area (Å²) >= 11 is 6.17. The van der Waals surface area contributed by atoms with E-state index in [1.54, 1.807) is 7.11 Å². The van der Waals surface area contributed by atoms with Crippen molar-refractivity contribution in [1.82, 2.24) is 0 Å². The molecule has 2 aromatic carbocycles. The molecule has 0 unspecified atom stereocenters. The summed E-state index contributed by atoms with van der Waals surface area (Å²) < 4.78 is 5.21. The third-order valence-electron chi connectivity index (χ3n) is 3.36. The molecular formula is C16H18ClNO. The van der Waals surface area contributed by atoms with Gasteiger partial charge in [0.1, 0.15) is 5.75 Å². The molecular weight excluding hydrogens is 258 g/mol. The lowest BCUT2D eigenvalue weighted by atomic mass is 10.0. The first-order chi connectivity index (χ1) is 9.11. The van der Waals surface area contributed by atoms with Crippen molar-refractivity contribution in [1.29, 1.82) is 0 Å². The summed E-state index contributed by atoms with van der Waals surface area (Å²) in [5.41, 5.74) is 4.78. The molecule has 0 saturated carbocycles. The number of methoxy groups -OCH3 is 1. The first-order valence-corrected chi connectivity index (χ1v) is 6.62. The smallest absolute Gasteiger partial charge is 0.121 e. The molecule has 0 aliphatic heterocycles. The first-order valence-electron chi connectivity index (χ1n) is 6.24. The highest BCUT2D eigenvalue weighted by Gasteiger charge is 2.04. The van der Waals surface area contributed by atoms with Crippen molar-refractivity contribution < 1.29 is 4.74 Å². The van der Waals surface area contributed by atoms with Crippen molar-refractivity contribution in [2.45, 2.75) is 20.4 Å². The second-order valence-electron chi connectivity index (χ2n) is 4.56. The SMILES string of the molecule is COc1ccc(Cl)c(NCc2cccc(C)c2C)c1. The number of hydrogen-bond acceptors (Lipinski definition) is 2. The number of benzene rings is 2.